The van der Waals surface area contributed by atoms with Crippen LogP contribution in [0.2, 0.25) is 0 Å². The van der Waals surface area contributed by atoms with E-state index in [2.05, 4.69) is 53.2 Å². The molecule has 0 spiro atoms. The third kappa shape index (κ3) is 3.35. The Kier molecular flexibility index (Phi) is 4.18. The molecule has 4 aliphatic rings. The Morgan fingerprint density at radius 1 is 1.04 bits per heavy atom. The number of halogens is 2. The van der Waals surface area contributed by atoms with Gasteiger partial charge in [0.2, 0.25) is 0 Å². The third-order valence-electron chi connectivity index (χ3n) is 6.36. The van der Waals surface area contributed by atoms with Crippen molar-refractivity contribution in [1.29, 1.82) is 0 Å². The summed E-state index contributed by atoms with van der Waals surface area (Å²) in [6, 6.07) is 9.68. The van der Waals surface area contributed by atoms with Crippen molar-refractivity contribution in [3.8, 4) is 0 Å². The quantitative estimate of drug-likeness (QED) is 0.874. The van der Waals surface area contributed by atoms with E-state index in [0.717, 1.165) is 18.8 Å². The minimum absolute atomic E-state index is 0.0372. The highest BCUT2D eigenvalue weighted by atomic mass is 19.3. The molecule has 0 amide bonds. The number of benzene rings is 1. The molecule has 4 aliphatic heterocycles. The molecule has 25 heavy (non-hydrogen) atoms. The van der Waals surface area contributed by atoms with E-state index in [9.17, 15) is 8.78 Å². The van der Waals surface area contributed by atoms with Gasteiger partial charge in [-0.05, 0) is 49.1 Å². The summed E-state index contributed by atoms with van der Waals surface area (Å²) < 4.78 is 26.7. The molecule has 4 fully saturated rings. The minimum Gasteiger partial charge on any atom is -0.371 e. The van der Waals surface area contributed by atoms with E-state index in [-0.39, 0.29) is 12.8 Å². The van der Waals surface area contributed by atoms with Crippen molar-refractivity contribution >= 4 is 11.4 Å². The average molecular weight is 349 g/mol. The van der Waals surface area contributed by atoms with Crippen LogP contribution in [0.4, 0.5) is 20.2 Å². The molecule has 0 aliphatic carbocycles. The summed E-state index contributed by atoms with van der Waals surface area (Å²) in [6.07, 6.45) is 2.33. The zero-order valence-corrected chi connectivity index (χ0v) is 15.3. The highest BCUT2D eigenvalue weighted by Gasteiger charge is 2.43. The normalized spacial score (nSPS) is 31.0. The van der Waals surface area contributed by atoms with Crippen LogP contribution in [-0.2, 0) is 0 Å². The minimum atomic E-state index is -2.49. The van der Waals surface area contributed by atoms with Crippen LogP contribution in [0, 0.1) is 5.41 Å². The van der Waals surface area contributed by atoms with Gasteiger partial charge in [0.15, 0.2) is 0 Å². The molecule has 1 N–H and O–H groups in total. The van der Waals surface area contributed by atoms with Crippen LogP contribution in [0.1, 0.15) is 39.5 Å². The highest BCUT2D eigenvalue weighted by Crippen LogP contribution is 2.41. The summed E-state index contributed by atoms with van der Waals surface area (Å²) in [5, 5.41) is 3.68. The molecule has 2 bridgehead atoms. The third-order valence-corrected chi connectivity index (χ3v) is 6.36. The molecule has 3 nitrogen and oxygen atoms in total. The second kappa shape index (κ2) is 6.11. The van der Waals surface area contributed by atoms with Crippen LogP contribution in [0.15, 0.2) is 24.3 Å². The number of hydrogen-bond donors (Lipinski definition) is 1. The van der Waals surface area contributed by atoms with Crippen LogP contribution in [0.5, 0.6) is 0 Å². The number of fused-ring (bicyclic) bond motifs is 4. The fourth-order valence-electron chi connectivity index (χ4n) is 4.96. The fraction of sp³-hybridized carbons (Fsp3) is 0.700. The zero-order valence-electron chi connectivity index (χ0n) is 15.3. The molecule has 5 heteroatoms. The Balaban J connectivity index is 1.51. The Hall–Kier alpha value is -1.36. The maximum atomic E-state index is 13.4. The van der Waals surface area contributed by atoms with Gasteiger partial charge < -0.3 is 15.1 Å². The van der Waals surface area contributed by atoms with Gasteiger partial charge >= 0.3 is 0 Å². The summed E-state index contributed by atoms with van der Waals surface area (Å²) >= 11 is 0. The lowest BCUT2D eigenvalue weighted by molar-refractivity contribution is -0.0220. The zero-order chi connectivity index (χ0) is 17.7. The molecule has 0 aromatic heterocycles. The first-order valence-corrected chi connectivity index (χ1v) is 9.57. The van der Waals surface area contributed by atoms with Gasteiger partial charge in [0.05, 0.1) is 0 Å². The molecule has 1 aromatic rings. The molecule has 0 saturated carbocycles. The Labute approximate surface area is 149 Å². The van der Waals surface area contributed by atoms with E-state index in [1.165, 1.54) is 18.5 Å². The average Bonchev–Trinajstić information content (AvgIpc) is 2.85. The molecule has 4 heterocycles. The molecular formula is C20H29F2N3. The number of hydrogen-bond acceptors (Lipinski definition) is 3. The number of anilines is 2. The largest absolute Gasteiger partial charge is 0.371 e. The summed E-state index contributed by atoms with van der Waals surface area (Å²) in [4.78, 5) is 4.64. The second-order valence-electron chi connectivity index (χ2n) is 8.66. The first-order valence-electron chi connectivity index (χ1n) is 9.57. The van der Waals surface area contributed by atoms with Gasteiger partial charge in [0.25, 0.3) is 5.92 Å². The van der Waals surface area contributed by atoms with Crippen LogP contribution in [0.25, 0.3) is 0 Å². The summed E-state index contributed by atoms with van der Waals surface area (Å²) in [6.45, 7) is 7.80. The molecule has 5 rings (SSSR count). The smallest absolute Gasteiger partial charge is 0.251 e. The summed E-state index contributed by atoms with van der Waals surface area (Å²) in [5.74, 6) is -2.49. The van der Waals surface area contributed by atoms with E-state index in [1.807, 2.05) is 0 Å². The monoisotopic (exact) mass is 349 g/mol. The number of nitrogens with one attached hydrogen (secondary N) is 1. The van der Waals surface area contributed by atoms with Gasteiger partial charge in [-0.3, -0.25) is 0 Å². The van der Waals surface area contributed by atoms with Gasteiger partial charge in [-0.1, -0.05) is 13.8 Å². The predicted octanol–water partition coefficient (Wildman–Crippen LogP) is 3.89. The Morgan fingerprint density at radius 2 is 1.68 bits per heavy atom. The molecule has 2 atom stereocenters. The Morgan fingerprint density at radius 3 is 2.36 bits per heavy atom. The van der Waals surface area contributed by atoms with Crippen molar-refractivity contribution in [2.45, 2.75) is 57.5 Å². The lowest BCUT2D eigenvalue weighted by Crippen LogP contribution is -2.54. The van der Waals surface area contributed by atoms with Crippen molar-refractivity contribution in [2.75, 3.05) is 36.0 Å². The summed E-state index contributed by atoms with van der Waals surface area (Å²) in [5.41, 5.74) is 2.64. The van der Waals surface area contributed by atoms with Gasteiger partial charge in [-0.25, -0.2) is 8.78 Å². The van der Waals surface area contributed by atoms with E-state index >= 15 is 0 Å². The first-order chi connectivity index (χ1) is 11.8. The molecular weight excluding hydrogens is 320 g/mol. The second-order valence-corrected chi connectivity index (χ2v) is 8.66. The lowest BCUT2D eigenvalue weighted by atomic mass is 9.74. The fourth-order valence-corrected chi connectivity index (χ4v) is 4.96. The maximum absolute atomic E-state index is 13.4. The van der Waals surface area contributed by atoms with Crippen molar-refractivity contribution < 1.29 is 8.78 Å². The van der Waals surface area contributed by atoms with Gasteiger partial charge in [-0.15, -0.1) is 0 Å². The molecule has 138 valence electrons. The van der Waals surface area contributed by atoms with Gasteiger partial charge in [0, 0.05) is 55.9 Å². The molecule has 4 saturated heterocycles. The van der Waals surface area contributed by atoms with Gasteiger partial charge in [-0.2, -0.15) is 0 Å². The number of nitrogens with zero attached hydrogens (tertiary/aromatic N) is 2. The number of alkyl halides is 2. The van der Waals surface area contributed by atoms with Crippen LogP contribution >= 0.6 is 0 Å². The SMILES string of the molecule is CC1(C)C[C@H]2CN(c3ccc(N4CCC(F)(F)CC4)cc3)[C@@H]1CCN2. The van der Waals surface area contributed by atoms with Crippen molar-refractivity contribution in [1.82, 2.24) is 5.32 Å². The molecule has 0 unspecified atom stereocenters. The molecule has 0 radical (unpaired) electrons. The van der Waals surface area contributed by atoms with E-state index in [0.29, 0.717) is 30.6 Å². The van der Waals surface area contributed by atoms with Crippen molar-refractivity contribution in [2.24, 2.45) is 5.41 Å². The summed E-state index contributed by atoms with van der Waals surface area (Å²) in [7, 11) is 0. The van der Waals surface area contributed by atoms with Gasteiger partial charge in [0.1, 0.15) is 0 Å². The highest BCUT2D eigenvalue weighted by molar-refractivity contribution is 5.58. The molecule has 1 aromatic carbocycles. The predicted molar refractivity (Wildman–Crippen MR) is 98.8 cm³/mol. The van der Waals surface area contributed by atoms with E-state index in [4.69, 9.17) is 0 Å². The van der Waals surface area contributed by atoms with Crippen LogP contribution in [0.3, 0.4) is 0 Å². The van der Waals surface area contributed by atoms with Crippen molar-refractivity contribution in [3.63, 3.8) is 0 Å². The number of piperidine rings is 2. The van der Waals surface area contributed by atoms with Crippen LogP contribution in [-0.4, -0.2) is 44.2 Å². The maximum Gasteiger partial charge on any atom is 0.251 e. The first kappa shape index (κ1) is 17.1. The van der Waals surface area contributed by atoms with E-state index in [1.54, 1.807) is 0 Å². The standard InChI is InChI=1S/C20H29F2N3/c1-19(2)13-15-14-25(18(19)7-10-23-15)17-5-3-16(4-6-17)24-11-8-20(21,22)9-12-24/h3-6,15,18,23H,7-14H2,1-2H3/t15-,18+/m0/s1. The Bertz CT molecular complexity index is 604. The lowest BCUT2D eigenvalue weighted by Gasteiger charge is -2.48. The van der Waals surface area contributed by atoms with Crippen LogP contribution < -0.4 is 15.1 Å². The van der Waals surface area contributed by atoms with E-state index < -0.39 is 5.92 Å². The number of rotatable bonds is 2. The topological polar surface area (TPSA) is 18.5 Å². The van der Waals surface area contributed by atoms with Crippen molar-refractivity contribution in [3.05, 3.63) is 24.3 Å².